The minimum atomic E-state index is -0.548. The molecule has 0 saturated heterocycles. The first kappa shape index (κ1) is 14.8. The number of nitro groups is 1. The van der Waals surface area contributed by atoms with E-state index in [1.165, 1.54) is 12.1 Å². The molecule has 0 bridgehead atoms. The van der Waals surface area contributed by atoms with E-state index in [9.17, 15) is 10.1 Å². The Hall–Kier alpha value is -1.56. The van der Waals surface area contributed by atoms with Crippen molar-refractivity contribution >= 4 is 40.5 Å². The lowest BCUT2D eigenvalue weighted by Gasteiger charge is -2.10. The summed E-state index contributed by atoms with van der Waals surface area (Å²) in [5, 5.41) is 11.3. The molecule has 0 saturated carbocycles. The highest BCUT2D eigenvalue weighted by Gasteiger charge is 2.20. The van der Waals surface area contributed by atoms with Crippen LogP contribution in [0.5, 0.6) is 11.6 Å². The Morgan fingerprint density at radius 1 is 1.25 bits per heavy atom. The number of nitrogens with zero attached hydrogens (tertiary/aromatic N) is 2. The van der Waals surface area contributed by atoms with Crippen LogP contribution in [0.1, 0.15) is 5.56 Å². The fourth-order valence-corrected chi connectivity index (χ4v) is 2.04. The predicted molar refractivity (Wildman–Crippen MR) is 77.2 cm³/mol. The summed E-state index contributed by atoms with van der Waals surface area (Å²) in [6.45, 7) is 1.67. The van der Waals surface area contributed by atoms with Crippen LogP contribution in [0.15, 0.2) is 24.3 Å². The maximum absolute atomic E-state index is 11.0. The Labute approximate surface area is 129 Å². The van der Waals surface area contributed by atoms with Gasteiger partial charge in [0.2, 0.25) is 11.6 Å². The summed E-state index contributed by atoms with van der Waals surface area (Å²) in [4.78, 5) is 14.3. The summed E-state index contributed by atoms with van der Waals surface area (Å²) in [7, 11) is 0. The molecule has 1 heterocycles. The average molecular weight is 334 g/mol. The first-order valence-electron chi connectivity index (χ1n) is 5.33. The third-order valence-electron chi connectivity index (χ3n) is 2.44. The Morgan fingerprint density at radius 2 is 1.95 bits per heavy atom. The molecule has 0 N–H and O–H groups in total. The van der Waals surface area contributed by atoms with E-state index in [0.717, 1.165) is 0 Å². The van der Waals surface area contributed by atoms with Crippen LogP contribution in [0.25, 0.3) is 0 Å². The minimum absolute atomic E-state index is 0.00213. The molecule has 0 spiro atoms. The Kier molecular flexibility index (Phi) is 4.32. The van der Waals surface area contributed by atoms with Crippen molar-refractivity contribution in [3.8, 4) is 11.6 Å². The number of aryl methyl sites for hydroxylation is 1. The van der Waals surface area contributed by atoms with Gasteiger partial charge in [-0.05, 0) is 18.6 Å². The highest BCUT2D eigenvalue weighted by molar-refractivity contribution is 6.42. The summed E-state index contributed by atoms with van der Waals surface area (Å²) in [6, 6.07) is 5.92. The monoisotopic (exact) mass is 332 g/mol. The second-order valence-electron chi connectivity index (χ2n) is 3.83. The van der Waals surface area contributed by atoms with Crippen LogP contribution in [0.4, 0.5) is 5.69 Å². The molecule has 2 rings (SSSR count). The maximum atomic E-state index is 11.0. The highest BCUT2D eigenvalue weighted by atomic mass is 35.5. The van der Waals surface area contributed by atoms with Gasteiger partial charge in [-0.1, -0.05) is 46.9 Å². The largest absolute Gasteiger partial charge is 0.430 e. The lowest BCUT2D eigenvalue weighted by atomic mass is 10.2. The molecule has 104 valence electrons. The maximum Gasteiger partial charge on any atom is 0.311 e. The summed E-state index contributed by atoms with van der Waals surface area (Å²) in [5.41, 5.74) is 0.386. The summed E-state index contributed by atoms with van der Waals surface area (Å²) in [5.74, 6) is 0.0174. The molecular formula is C12H7Cl3N2O3. The summed E-state index contributed by atoms with van der Waals surface area (Å²) in [6.07, 6.45) is 0. The third-order valence-corrected chi connectivity index (χ3v) is 3.38. The fraction of sp³-hybridized carbons (Fsp3) is 0.0833. The first-order chi connectivity index (χ1) is 9.40. The average Bonchev–Trinajstić information content (AvgIpc) is 2.37. The molecule has 5 nitrogen and oxygen atoms in total. The van der Waals surface area contributed by atoms with Crippen LogP contribution in [0.2, 0.25) is 15.2 Å². The van der Waals surface area contributed by atoms with Crippen LogP contribution in [0.3, 0.4) is 0 Å². The van der Waals surface area contributed by atoms with Gasteiger partial charge in [0.15, 0.2) is 5.15 Å². The fourth-order valence-electron chi connectivity index (χ4n) is 1.51. The number of benzene rings is 1. The highest BCUT2D eigenvalue weighted by Crippen LogP contribution is 2.38. The molecule has 0 aliphatic heterocycles. The van der Waals surface area contributed by atoms with Gasteiger partial charge in [-0.2, -0.15) is 4.98 Å². The number of nitro benzene ring substituents is 1. The molecule has 0 amide bonds. The van der Waals surface area contributed by atoms with Crippen molar-refractivity contribution in [2.45, 2.75) is 6.92 Å². The summed E-state index contributed by atoms with van der Waals surface area (Å²) < 4.78 is 5.44. The van der Waals surface area contributed by atoms with Gasteiger partial charge in [-0.15, -0.1) is 0 Å². The van der Waals surface area contributed by atoms with Crippen LogP contribution in [-0.4, -0.2) is 9.91 Å². The van der Waals surface area contributed by atoms with E-state index in [4.69, 9.17) is 39.5 Å². The van der Waals surface area contributed by atoms with Crippen molar-refractivity contribution in [3.05, 3.63) is 55.1 Å². The van der Waals surface area contributed by atoms with Crippen molar-refractivity contribution in [2.75, 3.05) is 0 Å². The first-order valence-corrected chi connectivity index (χ1v) is 6.47. The van der Waals surface area contributed by atoms with E-state index in [-0.39, 0.29) is 32.5 Å². The number of pyridine rings is 1. The Balaban J connectivity index is 2.50. The lowest BCUT2D eigenvalue weighted by molar-refractivity contribution is -0.385. The smallest absolute Gasteiger partial charge is 0.311 e. The van der Waals surface area contributed by atoms with E-state index in [1.807, 2.05) is 0 Å². The topological polar surface area (TPSA) is 65.3 Å². The van der Waals surface area contributed by atoms with Gasteiger partial charge >= 0.3 is 5.69 Å². The van der Waals surface area contributed by atoms with Crippen molar-refractivity contribution in [1.29, 1.82) is 0 Å². The second-order valence-corrected chi connectivity index (χ2v) is 5.00. The zero-order valence-electron chi connectivity index (χ0n) is 10.1. The molecule has 1 aromatic heterocycles. The molecular weight excluding hydrogens is 327 g/mol. The Bertz CT molecular complexity index is 692. The van der Waals surface area contributed by atoms with Crippen LogP contribution in [-0.2, 0) is 0 Å². The third kappa shape index (κ3) is 2.95. The number of halogens is 3. The van der Waals surface area contributed by atoms with E-state index in [2.05, 4.69) is 4.98 Å². The number of hydrogen-bond acceptors (Lipinski definition) is 4. The van der Waals surface area contributed by atoms with Crippen molar-refractivity contribution < 1.29 is 9.66 Å². The van der Waals surface area contributed by atoms with Crippen LogP contribution >= 0.6 is 34.8 Å². The van der Waals surface area contributed by atoms with Gasteiger partial charge in [0.05, 0.1) is 9.95 Å². The van der Waals surface area contributed by atoms with E-state index in [0.29, 0.717) is 5.56 Å². The van der Waals surface area contributed by atoms with Crippen molar-refractivity contribution in [1.82, 2.24) is 4.98 Å². The molecule has 8 heteroatoms. The van der Waals surface area contributed by atoms with Gasteiger partial charge in [-0.3, -0.25) is 10.1 Å². The zero-order chi connectivity index (χ0) is 14.9. The van der Waals surface area contributed by atoms with Crippen molar-refractivity contribution in [2.24, 2.45) is 0 Å². The normalized spacial score (nSPS) is 10.4. The van der Waals surface area contributed by atoms with Gasteiger partial charge in [-0.25, -0.2) is 0 Å². The number of hydrogen-bond donors (Lipinski definition) is 0. The van der Waals surface area contributed by atoms with Gasteiger partial charge in [0, 0.05) is 6.07 Å². The summed E-state index contributed by atoms with van der Waals surface area (Å²) >= 11 is 17.5. The van der Waals surface area contributed by atoms with Gasteiger partial charge < -0.3 is 4.74 Å². The van der Waals surface area contributed by atoms with E-state index >= 15 is 0 Å². The quantitative estimate of drug-likeness (QED) is 0.448. The van der Waals surface area contributed by atoms with Crippen molar-refractivity contribution in [3.63, 3.8) is 0 Å². The van der Waals surface area contributed by atoms with Crippen LogP contribution < -0.4 is 4.74 Å². The number of rotatable bonds is 3. The number of ether oxygens (including phenoxy) is 1. The number of para-hydroxylation sites is 1. The molecule has 0 fully saturated rings. The lowest BCUT2D eigenvalue weighted by Crippen LogP contribution is -1.97. The predicted octanol–water partition coefficient (Wildman–Crippen LogP) is 5.05. The molecule has 1 aromatic carbocycles. The van der Waals surface area contributed by atoms with Crippen LogP contribution in [0, 0.1) is 17.0 Å². The molecule has 0 radical (unpaired) electrons. The molecule has 0 aliphatic carbocycles. The molecule has 2 aromatic rings. The number of aromatic nitrogens is 1. The minimum Gasteiger partial charge on any atom is -0.430 e. The van der Waals surface area contributed by atoms with Gasteiger partial charge in [0.25, 0.3) is 0 Å². The Morgan fingerprint density at radius 3 is 2.60 bits per heavy atom. The van der Waals surface area contributed by atoms with Gasteiger partial charge in [0.1, 0.15) is 5.02 Å². The standard InChI is InChI=1S/C12H7Cl3N2O3/c1-6-3-2-4-9(17(18)19)10(6)20-12-8(14)5-7(13)11(15)16-12/h2-5H,1H3. The zero-order valence-corrected chi connectivity index (χ0v) is 12.3. The SMILES string of the molecule is Cc1cccc([N+](=O)[O-])c1Oc1nc(Cl)c(Cl)cc1Cl. The molecule has 0 aliphatic rings. The molecule has 20 heavy (non-hydrogen) atoms. The molecule has 0 atom stereocenters. The van der Waals surface area contributed by atoms with E-state index in [1.54, 1.807) is 19.1 Å². The second kappa shape index (κ2) is 5.83. The molecule has 0 unspecified atom stereocenters. The van der Waals surface area contributed by atoms with E-state index < -0.39 is 4.92 Å².